The van der Waals surface area contributed by atoms with Crippen molar-refractivity contribution in [1.29, 1.82) is 0 Å². The molecule has 0 aliphatic heterocycles. The zero-order valence-electron chi connectivity index (χ0n) is 8.94. The van der Waals surface area contributed by atoms with Gasteiger partial charge in [-0.15, -0.1) is 0 Å². The van der Waals surface area contributed by atoms with Gasteiger partial charge >= 0.3 is 0 Å². The van der Waals surface area contributed by atoms with E-state index in [9.17, 15) is 0 Å². The van der Waals surface area contributed by atoms with E-state index < -0.39 is 6.17 Å². The smallest absolute Gasteiger partial charge is 0.208 e. The zero-order valence-corrected chi connectivity index (χ0v) is 8.94. The summed E-state index contributed by atoms with van der Waals surface area (Å²) in [6.07, 6.45) is 1.11. The van der Waals surface area contributed by atoms with Crippen LogP contribution in [-0.2, 0) is 4.74 Å². The van der Waals surface area contributed by atoms with Crippen LogP contribution in [0.4, 0.5) is 0 Å². The van der Waals surface area contributed by atoms with E-state index in [2.05, 4.69) is 11.6 Å². The number of aliphatic imine (C=N–C) groups is 1. The topological polar surface area (TPSA) is 76.9 Å². The van der Waals surface area contributed by atoms with Crippen LogP contribution < -0.4 is 11.5 Å². The number of ether oxygens (including phenoxy) is 1. The van der Waals surface area contributed by atoms with Gasteiger partial charge in [0.1, 0.15) is 6.61 Å². The maximum absolute atomic E-state index is 5.34. The van der Waals surface area contributed by atoms with Crippen molar-refractivity contribution in [1.82, 2.24) is 4.90 Å². The lowest BCUT2D eigenvalue weighted by molar-refractivity contribution is 0.252. The van der Waals surface area contributed by atoms with Gasteiger partial charge in [0.15, 0.2) is 0 Å². The quantitative estimate of drug-likeness (QED) is 0.341. The molecule has 0 atom stereocenters. The standard InChI is InChI=1S/C9H20N4O/c1-4-9(12-7-8(10)11)14-6-5-13(2)3/h4,8H,1,5-7,10-11H2,2-3H3/b12-9+. The van der Waals surface area contributed by atoms with Gasteiger partial charge in [-0.3, -0.25) is 0 Å². The summed E-state index contributed by atoms with van der Waals surface area (Å²) in [5.41, 5.74) is 10.7. The Morgan fingerprint density at radius 1 is 1.57 bits per heavy atom. The van der Waals surface area contributed by atoms with Gasteiger partial charge in [-0.2, -0.15) is 0 Å². The Bertz CT molecular complexity index is 189. The number of nitrogens with two attached hydrogens (primary N) is 2. The molecular formula is C9H20N4O. The molecule has 0 aromatic heterocycles. The highest BCUT2D eigenvalue weighted by Gasteiger charge is 1.97. The number of rotatable bonds is 6. The molecule has 0 amide bonds. The summed E-state index contributed by atoms with van der Waals surface area (Å²) in [7, 11) is 3.95. The normalized spacial score (nSPS) is 12.3. The molecule has 82 valence electrons. The van der Waals surface area contributed by atoms with Crippen LogP contribution in [0.15, 0.2) is 17.6 Å². The van der Waals surface area contributed by atoms with Crippen molar-refractivity contribution < 1.29 is 4.74 Å². The summed E-state index contributed by atoms with van der Waals surface area (Å²) in [5, 5.41) is 0. The number of hydrogen-bond acceptors (Lipinski definition) is 5. The molecular weight excluding hydrogens is 180 g/mol. The highest BCUT2D eigenvalue weighted by atomic mass is 16.5. The molecule has 0 heterocycles. The van der Waals surface area contributed by atoms with Gasteiger partial charge in [-0.05, 0) is 20.2 Å². The average molecular weight is 200 g/mol. The maximum Gasteiger partial charge on any atom is 0.208 e. The summed E-state index contributed by atoms with van der Waals surface area (Å²) in [5.74, 6) is 0.493. The molecule has 0 saturated heterocycles. The fourth-order valence-electron chi connectivity index (χ4n) is 0.697. The summed E-state index contributed by atoms with van der Waals surface area (Å²) >= 11 is 0. The average Bonchev–Trinajstić information content (AvgIpc) is 2.10. The monoisotopic (exact) mass is 200 g/mol. The van der Waals surface area contributed by atoms with Crippen LogP contribution in [0.2, 0.25) is 0 Å². The predicted molar refractivity (Wildman–Crippen MR) is 59.2 cm³/mol. The third-order valence-corrected chi connectivity index (χ3v) is 1.42. The van der Waals surface area contributed by atoms with E-state index in [1.807, 2.05) is 19.0 Å². The van der Waals surface area contributed by atoms with Gasteiger partial charge in [0.05, 0.1) is 12.7 Å². The Balaban J connectivity index is 3.78. The third kappa shape index (κ3) is 7.72. The fourth-order valence-corrected chi connectivity index (χ4v) is 0.697. The minimum absolute atomic E-state index is 0.351. The summed E-state index contributed by atoms with van der Waals surface area (Å²) in [6.45, 7) is 5.35. The highest BCUT2D eigenvalue weighted by molar-refractivity contribution is 5.87. The van der Waals surface area contributed by atoms with Gasteiger partial charge < -0.3 is 21.1 Å². The summed E-state index contributed by atoms with van der Waals surface area (Å²) in [4.78, 5) is 6.07. The second kappa shape index (κ2) is 7.49. The van der Waals surface area contributed by atoms with Crippen LogP contribution in [0.5, 0.6) is 0 Å². The Morgan fingerprint density at radius 3 is 2.64 bits per heavy atom. The van der Waals surface area contributed by atoms with Crippen molar-refractivity contribution in [3.05, 3.63) is 12.7 Å². The van der Waals surface area contributed by atoms with Crippen molar-refractivity contribution in [2.75, 3.05) is 33.8 Å². The molecule has 0 unspecified atom stereocenters. The van der Waals surface area contributed by atoms with Crippen molar-refractivity contribution in [2.24, 2.45) is 16.5 Å². The molecule has 4 N–H and O–H groups in total. The largest absolute Gasteiger partial charge is 0.477 e. The second-order valence-electron chi connectivity index (χ2n) is 3.20. The highest BCUT2D eigenvalue weighted by Crippen LogP contribution is 1.87. The minimum Gasteiger partial charge on any atom is -0.477 e. The van der Waals surface area contributed by atoms with Gasteiger partial charge in [-0.1, -0.05) is 6.58 Å². The Morgan fingerprint density at radius 2 is 2.21 bits per heavy atom. The first-order valence-corrected chi connectivity index (χ1v) is 4.52. The van der Waals surface area contributed by atoms with E-state index in [-0.39, 0.29) is 0 Å². The van der Waals surface area contributed by atoms with Crippen molar-refractivity contribution in [3.8, 4) is 0 Å². The van der Waals surface area contributed by atoms with Gasteiger partial charge in [-0.25, -0.2) is 4.99 Å². The second-order valence-corrected chi connectivity index (χ2v) is 3.20. The van der Waals surface area contributed by atoms with Crippen LogP contribution in [0.1, 0.15) is 0 Å². The van der Waals surface area contributed by atoms with Crippen LogP contribution in [0.25, 0.3) is 0 Å². The van der Waals surface area contributed by atoms with Gasteiger partial charge in [0.2, 0.25) is 5.90 Å². The molecule has 0 saturated carbocycles. The van der Waals surface area contributed by atoms with Crippen molar-refractivity contribution in [2.45, 2.75) is 6.17 Å². The lowest BCUT2D eigenvalue weighted by Gasteiger charge is -2.11. The SMILES string of the molecule is C=C/C(=N\CC(N)N)OCCN(C)C. The van der Waals surface area contributed by atoms with Crippen LogP contribution in [0, 0.1) is 0 Å². The fraction of sp³-hybridized carbons (Fsp3) is 0.667. The molecule has 0 aromatic rings. The number of likely N-dealkylation sites (N-methyl/N-ethyl adjacent to an activating group) is 1. The van der Waals surface area contributed by atoms with Gasteiger partial charge in [0, 0.05) is 6.54 Å². The van der Waals surface area contributed by atoms with Crippen molar-refractivity contribution in [3.63, 3.8) is 0 Å². The van der Waals surface area contributed by atoms with E-state index in [1.54, 1.807) is 6.08 Å². The van der Waals surface area contributed by atoms with Crippen LogP contribution in [0.3, 0.4) is 0 Å². The molecule has 0 rings (SSSR count). The summed E-state index contributed by atoms with van der Waals surface area (Å²) < 4.78 is 5.33. The summed E-state index contributed by atoms with van der Waals surface area (Å²) in [6, 6.07) is 0. The van der Waals surface area contributed by atoms with E-state index in [1.165, 1.54) is 0 Å². The van der Waals surface area contributed by atoms with E-state index in [0.29, 0.717) is 19.0 Å². The van der Waals surface area contributed by atoms with Crippen LogP contribution >= 0.6 is 0 Å². The lowest BCUT2D eigenvalue weighted by atomic mass is 10.5. The first-order valence-electron chi connectivity index (χ1n) is 4.52. The number of hydrogen-bond donors (Lipinski definition) is 2. The Kier molecular flexibility index (Phi) is 7.00. The van der Waals surface area contributed by atoms with Crippen molar-refractivity contribution >= 4 is 5.90 Å². The lowest BCUT2D eigenvalue weighted by Crippen LogP contribution is -2.34. The number of nitrogens with zero attached hydrogens (tertiary/aromatic N) is 2. The third-order valence-electron chi connectivity index (χ3n) is 1.42. The molecule has 0 fully saturated rings. The van der Waals surface area contributed by atoms with Gasteiger partial charge in [0.25, 0.3) is 0 Å². The molecule has 0 radical (unpaired) electrons. The maximum atomic E-state index is 5.34. The van der Waals surface area contributed by atoms with Crippen LogP contribution in [-0.4, -0.2) is 50.8 Å². The molecule has 0 aliphatic rings. The van der Waals surface area contributed by atoms with E-state index in [4.69, 9.17) is 16.2 Å². The van der Waals surface area contributed by atoms with E-state index >= 15 is 0 Å². The zero-order chi connectivity index (χ0) is 11.0. The molecule has 14 heavy (non-hydrogen) atoms. The molecule has 5 nitrogen and oxygen atoms in total. The first-order chi connectivity index (χ1) is 6.56. The molecule has 0 bridgehead atoms. The van der Waals surface area contributed by atoms with E-state index in [0.717, 1.165) is 6.54 Å². The minimum atomic E-state index is -0.442. The Labute approximate surface area is 85.4 Å². The Hall–Kier alpha value is -0.910. The molecule has 0 aromatic carbocycles. The molecule has 5 heteroatoms. The predicted octanol–water partition coefficient (Wildman–Crippen LogP) is -0.607. The first kappa shape index (κ1) is 13.1. The molecule has 0 spiro atoms. The molecule has 0 aliphatic carbocycles.